The lowest BCUT2D eigenvalue weighted by atomic mass is 9.80. The van der Waals surface area contributed by atoms with E-state index in [0.717, 1.165) is 0 Å². The standard InChI is InChI=1S/C15H22O5/c1-13(2)6-5-9(17)15(4)11(20-15)8(16)7-14(3)12(19-14)10(13)18/h5-6,8,10-12,16,18H,7H2,1-4H3/b6-5+/t8-,10+,11?,12?,14+,15+/m0/s1. The van der Waals surface area contributed by atoms with Gasteiger partial charge in [-0.3, -0.25) is 4.79 Å². The summed E-state index contributed by atoms with van der Waals surface area (Å²) < 4.78 is 11.1. The maximum Gasteiger partial charge on any atom is 0.189 e. The van der Waals surface area contributed by atoms with E-state index in [1.165, 1.54) is 6.08 Å². The van der Waals surface area contributed by atoms with Gasteiger partial charge >= 0.3 is 0 Å². The zero-order valence-corrected chi connectivity index (χ0v) is 12.3. The van der Waals surface area contributed by atoms with Gasteiger partial charge in [0.25, 0.3) is 0 Å². The van der Waals surface area contributed by atoms with Crippen molar-refractivity contribution in [3.63, 3.8) is 0 Å². The topological polar surface area (TPSA) is 82.6 Å². The van der Waals surface area contributed by atoms with Crippen LogP contribution in [0.15, 0.2) is 12.2 Å². The van der Waals surface area contributed by atoms with E-state index in [1.807, 2.05) is 20.8 Å². The summed E-state index contributed by atoms with van der Waals surface area (Å²) in [5, 5.41) is 20.7. The van der Waals surface area contributed by atoms with E-state index in [2.05, 4.69) is 0 Å². The fourth-order valence-corrected chi connectivity index (χ4v) is 3.16. The second-order valence-electron chi connectivity index (χ2n) is 7.23. The molecule has 20 heavy (non-hydrogen) atoms. The van der Waals surface area contributed by atoms with E-state index in [1.54, 1.807) is 13.0 Å². The second kappa shape index (κ2) is 3.91. The van der Waals surface area contributed by atoms with Crippen molar-refractivity contribution in [3.8, 4) is 0 Å². The minimum absolute atomic E-state index is 0.163. The second-order valence-corrected chi connectivity index (χ2v) is 7.23. The number of epoxide rings is 2. The lowest BCUT2D eigenvalue weighted by Crippen LogP contribution is -2.37. The van der Waals surface area contributed by atoms with Crippen molar-refractivity contribution in [2.45, 2.75) is 69.7 Å². The van der Waals surface area contributed by atoms with Crippen molar-refractivity contribution in [3.05, 3.63) is 12.2 Å². The third-order valence-corrected chi connectivity index (χ3v) is 4.96. The van der Waals surface area contributed by atoms with Gasteiger partial charge in [-0.2, -0.15) is 0 Å². The summed E-state index contributed by atoms with van der Waals surface area (Å²) in [6, 6.07) is 0. The zero-order valence-electron chi connectivity index (χ0n) is 12.3. The van der Waals surface area contributed by atoms with E-state index < -0.39 is 34.9 Å². The SMILES string of the molecule is CC1(C)/C=C/C(=O)[C@@]2(C)OC2[C@@H](O)C[C@@]2(C)OC2[C@H]1O. The van der Waals surface area contributed by atoms with Gasteiger partial charge < -0.3 is 19.7 Å². The highest BCUT2D eigenvalue weighted by molar-refractivity contribution is 5.99. The smallest absolute Gasteiger partial charge is 0.189 e. The molecular weight excluding hydrogens is 260 g/mol. The molecule has 3 aliphatic rings. The van der Waals surface area contributed by atoms with Gasteiger partial charge in [-0.15, -0.1) is 0 Å². The van der Waals surface area contributed by atoms with Crippen molar-refractivity contribution in [1.29, 1.82) is 0 Å². The number of ether oxygens (including phenoxy) is 2. The number of ketones is 1. The van der Waals surface area contributed by atoms with Crippen LogP contribution in [-0.2, 0) is 14.3 Å². The number of rotatable bonds is 0. The molecule has 6 atom stereocenters. The first-order valence-corrected chi connectivity index (χ1v) is 7.06. The summed E-state index contributed by atoms with van der Waals surface area (Å²) in [5.41, 5.74) is -2.07. The van der Waals surface area contributed by atoms with Crippen molar-refractivity contribution in [2.75, 3.05) is 0 Å². The molecule has 0 spiro atoms. The van der Waals surface area contributed by atoms with Crippen molar-refractivity contribution in [1.82, 2.24) is 0 Å². The van der Waals surface area contributed by atoms with Gasteiger partial charge in [0.15, 0.2) is 11.4 Å². The average molecular weight is 282 g/mol. The van der Waals surface area contributed by atoms with Crippen LogP contribution < -0.4 is 0 Å². The molecule has 0 amide bonds. The molecule has 2 heterocycles. The molecule has 2 saturated heterocycles. The fourth-order valence-electron chi connectivity index (χ4n) is 3.16. The highest BCUT2D eigenvalue weighted by atomic mass is 16.6. The Morgan fingerprint density at radius 1 is 1.15 bits per heavy atom. The Kier molecular flexibility index (Phi) is 2.78. The lowest BCUT2D eigenvalue weighted by molar-refractivity contribution is -0.119. The van der Waals surface area contributed by atoms with Crippen LogP contribution in [0.1, 0.15) is 34.1 Å². The third kappa shape index (κ3) is 1.96. The maximum atomic E-state index is 12.2. The highest BCUT2D eigenvalue weighted by Crippen LogP contribution is 2.50. The summed E-state index contributed by atoms with van der Waals surface area (Å²) in [4.78, 5) is 12.2. The molecule has 2 fully saturated rings. The van der Waals surface area contributed by atoms with Gasteiger partial charge in [0.05, 0.1) is 17.8 Å². The van der Waals surface area contributed by atoms with E-state index in [9.17, 15) is 15.0 Å². The van der Waals surface area contributed by atoms with Gasteiger partial charge in [-0.25, -0.2) is 0 Å². The molecule has 5 nitrogen and oxygen atoms in total. The van der Waals surface area contributed by atoms with E-state index >= 15 is 0 Å². The molecule has 2 aliphatic heterocycles. The Hall–Kier alpha value is -0.750. The van der Waals surface area contributed by atoms with Crippen LogP contribution in [0.3, 0.4) is 0 Å². The molecule has 1 aliphatic carbocycles. The van der Waals surface area contributed by atoms with Gasteiger partial charge in [0.1, 0.15) is 12.2 Å². The zero-order chi connectivity index (χ0) is 14.9. The summed E-state index contributed by atoms with van der Waals surface area (Å²) >= 11 is 0. The first-order chi connectivity index (χ1) is 9.10. The fraction of sp³-hybridized carbons (Fsp3) is 0.800. The van der Waals surface area contributed by atoms with Crippen molar-refractivity contribution in [2.24, 2.45) is 5.41 Å². The molecule has 0 aromatic rings. The quantitative estimate of drug-likeness (QED) is 0.635. The van der Waals surface area contributed by atoms with Gasteiger partial charge in [0.2, 0.25) is 0 Å². The van der Waals surface area contributed by atoms with Crippen LogP contribution >= 0.6 is 0 Å². The van der Waals surface area contributed by atoms with E-state index in [-0.39, 0.29) is 11.9 Å². The van der Waals surface area contributed by atoms with E-state index in [4.69, 9.17) is 9.47 Å². The number of carbonyl (C=O) groups excluding carboxylic acids is 1. The number of hydrogen-bond donors (Lipinski definition) is 2. The Morgan fingerprint density at radius 2 is 1.80 bits per heavy atom. The summed E-state index contributed by atoms with van der Waals surface area (Å²) in [5.74, 6) is -0.163. The minimum atomic E-state index is -0.942. The largest absolute Gasteiger partial charge is 0.390 e. The van der Waals surface area contributed by atoms with E-state index in [0.29, 0.717) is 6.42 Å². The Balaban J connectivity index is 1.93. The first kappa shape index (κ1) is 14.2. The number of carbonyl (C=O) groups is 1. The van der Waals surface area contributed by atoms with Crippen molar-refractivity contribution >= 4 is 5.78 Å². The predicted molar refractivity (Wildman–Crippen MR) is 71.1 cm³/mol. The molecule has 0 bridgehead atoms. The molecule has 0 aromatic carbocycles. The maximum absolute atomic E-state index is 12.2. The van der Waals surface area contributed by atoms with Crippen LogP contribution in [0.2, 0.25) is 0 Å². The van der Waals surface area contributed by atoms with Crippen LogP contribution in [0.5, 0.6) is 0 Å². The summed E-state index contributed by atoms with van der Waals surface area (Å²) in [6.45, 7) is 7.31. The average Bonchev–Trinajstić information content (AvgIpc) is 3.21. The first-order valence-electron chi connectivity index (χ1n) is 7.06. The lowest BCUT2D eigenvalue weighted by Gasteiger charge is -2.27. The third-order valence-electron chi connectivity index (χ3n) is 4.96. The van der Waals surface area contributed by atoms with Gasteiger partial charge in [-0.1, -0.05) is 19.9 Å². The molecule has 2 unspecified atom stereocenters. The van der Waals surface area contributed by atoms with Crippen molar-refractivity contribution < 1.29 is 24.5 Å². The Bertz CT molecular complexity index is 485. The number of fused-ring (bicyclic) bond motifs is 2. The number of aliphatic hydroxyl groups is 2. The Morgan fingerprint density at radius 3 is 2.45 bits per heavy atom. The minimum Gasteiger partial charge on any atom is -0.390 e. The van der Waals surface area contributed by atoms with Crippen LogP contribution in [0.25, 0.3) is 0 Å². The van der Waals surface area contributed by atoms with Crippen LogP contribution in [0.4, 0.5) is 0 Å². The molecule has 5 heteroatoms. The van der Waals surface area contributed by atoms with Crippen LogP contribution in [-0.4, -0.2) is 51.6 Å². The molecular formula is C15H22O5. The predicted octanol–water partition coefficient (Wildman–Crippen LogP) is 0.578. The summed E-state index contributed by atoms with van der Waals surface area (Å²) in [7, 11) is 0. The molecule has 2 N–H and O–H groups in total. The molecule has 0 radical (unpaired) electrons. The number of hydrogen-bond acceptors (Lipinski definition) is 5. The normalized spacial score (nSPS) is 55.2. The monoisotopic (exact) mass is 282 g/mol. The highest BCUT2D eigenvalue weighted by Gasteiger charge is 2.65. The van der Waals surface area contributed by atoms with Crippen LogP contribution in [0, 0.1) is 5.41 Å². The molecule has 112 valence electrons. The van der Waals surface area contributed by atoms with Gasteiger partial charge in [0, 0.05) is 11.8 Å². The summed E-state index contributed by atoms with van der Waals surface area (Å²) in [6.07, 6.45) is 1.24. The molecule has 0 saturated carbocycles. The molecule has 3 rings (SSSR count). The Labute approximate surface area is 118 Å². The number of aliphatic hydroxyl groups excluding tert-OH is 2. The molecule has 0 aromatic heterocycles. The van der Waals surface area contributed by atoms with Gasteiger partial charge in [-0.05, 0) is 19.9 Å².